The highest BCUT2D eigenvalue weighted by Gasteiger charge is 2.24. The first kappa shape index (κ1) is 16.9. The molecule has 5 aromatic rings. The van der Waals surface area contributed by atoms with Crippen LogP contribution in [0.3, 0.4) is 0 Å². The Morgan fingerprint density at radius 3 is 2.52 bits per heavy atom. The molecule has 0 aliphatic carbocycles. The number of aromatic nitrogens is 6. The topological polar surface area (TPSA) is 82.5 Å². The normalized spacial score (nSPS) is 10.9. The van der Waals surface area contributed by atoms with E-state index in [1.807, 2.05) is 12.1 Å². The minimum atomic E-state index is -0.425. The summed E-state index contributed by atoms with van der Waals surface area (Å²) in [6.07, 6.45) is 3.27. The van der Waals surface area contributed by atoms with Crippen LogP contribution in [0.4, 0.5) is 4.39 Å². The molecule has 0 unspecified atom stereocenters. The second-order valence-electron chi connectivity index (χ2n) is 6.10. The summed E-state index contributed by atoms with van der Waals surface area (Å²) in [5, 5.41) is 12.4. The highest BCUT2D eigenvalue weighted by molar-refractivity contribution is 5.76. The zero-order valence-electron chi connectivity index (χ0n) is 14.9. The number of rotatable bonds is 4. The lowest BCUT2D eigenvalue weighted by Gasteiger charge is -2.08. The van der Waals surface area contributed by atoms with E-state index >= 15 is 0 Å². The van der Waals surface area contributed by atoms with Crippen molar-refractivity contribution in [3.05, 3.63) is 84.9 Å². The summed E-state index contributed by atoms with van der Waals surface area (Å²) in [7, 11) is 0. The van der Waals surface area contributed by atoms with Gasteiger partial charge in [-0.25, -0.2) is 9.07 Å². The molecule has 8 heteroatoms. The van der Waals surface area contributed by atoms with Gasteiger partial charge in [0.15, 0.2) is 5.69 Å². The minimum Gasteiger partial charge on any atom is -0.332 e. The first-order chi connectivity index (χ1) is 14.3. The lowest BCUT2D eigenvalue weighted by Crippen LogP contribution is -2.02. The molecule has 0 spiro atoms. The van der Waals surface area contributed by atoms with Gasteiger partial charge in [-0.3, -0.25) is 4.98 Å². The van der Waals surface area contributed by atoms with Gasteiger partial charge in [-0.05, 0) is 30.3 Å². The molecule has 0 aliphatic rings. The second-order valence-corrected chi connectivity index (χ2v) is 6.10. The van der Waals surface area contributed by atoms with Crippen molar-refractivity contribution in [3.8, 4) is 39.9 Å². The molecule has 0 saturated heterocycles. The van der Waals surface area contributed by atoms with Gasteiger partial charge >= 0.3 is 0 Å². The third-order valence-electron chi connectivity index (χ3n) is 4.31. The molecule has 1 radical (unpaired) electrons. The zero-order chi connectivity index (χ0) is 19.6. The molecular weight excluding hydrogens is 371 g/mol. The number of pyridine rings is 1. The predicted molar refractivity (Wildman–Crippen MR) is 102 cm³/mol. The fraction of sp³-hybridized carbons (Fsp3) is 0. The molecule has 0 amide bonds. The molecule has 5 rings (SSSR count). The zero-order valence-corrected chi connectivity index (χ0v) is 14.9. The Balaban J connectivity index is 1.69. The van der Waals surface area contributed by atoms with Crippen molar-refractivity contribution in [2.24, 2.45) is 0 Å². The van der Waals surface area contributed by atoms with E-state index in [4.69, 9.17) is 4.52 Å². The van der Waals surface area contributed by atoms with Crippen molar-refractivity contribution in [1.82, 2.24) is 30.1 Å². The number of benzene rings is 2. The first-order valence-electron chi connectivity index (χ1n) is 8.73. The average Bonchev–Trinajstić information content (AvgIpc) is 3.43. The van der Waals surface area contributed by atoms with Crippen LogP contribution in [0, 0.1) is 11.9 Å². The highest BCUT2D eigenvalue weighted by atomic mass is 19.1. The van der Waals surface area contributed by atoms with E-state index in [9.17, 15) is 4.39 Å². The molecule has 3 aromatic heterocycles. The summed E-state index contributed by atoms with van der Waals surface area (Å²) in [5.74, 6) is 0.170. The van der Waals surface area contributed by atoms with Crippen molar-refractivity contribution in [2.75, 3.05) is 0 Å². The molecule has 0 bridgehead atoms. The summed E-state index contributed by atoms with van der Waals surface area (Å²) < 4.78 is 21.3. The van der Waals surface area contributed by atoms with Crippen LogP contribution >= 0.6 is 0 Å². The summed E-state index contributed by atoms with van der Waals surface area (Å²) in [6.45, 7) is 0. The molecule has 3 heterocycles. The maximum Gasteiger partial charge on any atom is 0.281 e. The smallest absolute Gasteiger partial charge is 0.281 e. The molecular formula is C21H12FN6O. The van der Waals surface area contributed by atoms with Crippen LogP contribution in [0.2, 0.25) is 0 Å². The molecule has 0 aliphatic heterocycles. The molecule has 0 saturated carbocycles. The van der Waals surface area contributed by atoms with Crippen LogP contribution in [-0.4, -0.2) is 30.1 Å². The van der Waals surface area contributed by atoms with Gasteiger partial charge in [-0.2, -0.15) is 4.98 Å². The lowest BCUT2D eigenvalue weighted by molar-refractivity contribution is 0.431. The number of nitrogens with zero attached hydrogens (tertiary/aromatic N) is 6. The minimum absolute atomic E-state index is 0.183. The predicted octanol–water partition coefficient (Wildman–Crippen LogP) is 3.99. The van der Waals surface area contributed by atoms with Crippen LogP contribution in [0.5, 0.6) is 0 Å². The van der Waals surface area contributed by atoms with Crippen LogP contribution in [0.15, 0.2) is 77.6 Å². The van der Waals surface area contributed by atoms with E-state index in [-0.39, 0.29) is 11.6 Å². The number of para-hydroxylation sites is 1. The van der Waals surface area contributed by atoms with E-state index in [1.165, 1.54) is 10.7 Å². The van der Waals surface area contributed by atoms with E-state index in [1.54, 1.807) is 54.9 Å². The van der Waals surface area contributed by atoms with Crippen LogP contribution in [0.25, 0.3) is 39.9 Å². The van der Waals surface area contributed by atoms with Crippen molar-refractivity contribution in [1.29, 1.82) is 0 Å². The van der Waals surface area contributed by atoms with Crippen LogP contribution in [-0.2, 0) is 0 Å². The van der Waals surface area contributed by atoms with Gasteiger partial charge in [-0.1, -0.05) is 46.8 Å². The Hall–Kier alpha value is -4.20. The van der Waals surface area contributed by atoms with Crippen molar-refractivity contribution in [2.45, 2.75) is 0 Å². The maximum atomic E-state index is 14.5. The Morgan fingerprint density at radius 1 is 0.931 bits per heavy atom. The third kappa shape index (κ3) is 3.06. The number of hydrogen-bond acceptors (Lipinski definition) is 6. The first-order valence-corrected chi connectivity index (χ1v) is 8.73. The summed E-state index contributed by atoms with van der Waals surface area (Å²) in [4.78, 5) is 8.49. The molecule has 29 heavy (non-hydrogen) atoms. The highest BCUT2D eigenvalue weighted by Crippen LogP contribution is 2.32. The Bertz CT molecular complexity index is 1270. The number of hydrogen-bond donors (Lipinski definition) is 0. The van der Waals surface area contributed by atoms with E-state index < -0.39 is 5.82 Å². The van der Waals surface area contributed by atoms with Gasteiger partial charge in [-0.15, -0.1) is 5.10 Å². The van der Waals surface area contributed by atoms with Crippen LogP contribution in [0.1, 0.15) is 0 Å². The van der Waals surface area contributed by atoms with Crippen LogP contribution < -0.4 is 0 Å². The van der Waals surface area contributed by atoms with Crippen molar-refractivity contribution < 1.29 is 8.91 Å². The third-order valence-corrected chi connectivity index (χ3v) is 4.31. The maximum absolute atomic E-state index is 14.5. The summed E-state index contributed by atoms with van der Waals surface area (Å²) in [5.41, 5.74) is 2.65. The fourth-order valence-corrected chi connectivity index (χ4v) is 2.96. The molecule has 139 valence electrons. The van der Waals surface area contributed by atoms with E-state index in [0.29, 0.717) is 17.2 Å². The van der Waals surface area contributed by atoms with Gasteiger partial charge < -0.3 is 4.52 Å². The molecule has 2 aromatic carbocycles. The fourth-order valence-electron chi connectivity index (χ4n) is 2.96. The molecule has 7 nitrogen and oxygen atoms in total. The summed E-state index contributed by atoms with van der Waals surface area (Å²) in [6, 6.07) is 20.0. The molecule has 0 atom stereocenters. The standard InChI is InChI=1S/C21H12FN6O/c22-16-8-4-5-9-17(16)28-19(14-10-12-23-13-11-14)18(25-27-28)21-24-20(26-29-21)15-6-2-1-3-7-15/h2-13H. The molecule has 0 N–H and O–H groups in total. The van der Waals surface area contributed by atoms with E-state index in [0.717, 1.165) is 11.1 Å². The lowest BCUT2D eigenvalue weighted by atomic mass is 10.1. The number of halogens is 1. The van der Waals surface area contributed by atoms with Crippen molar-refractivity contribution in [3.63, 3.8) is 0 Å². The van der Waals surface area contributed by atoms with Gasteiger partial charge in [0.2, 0.25) is 5.82 Å². The Morgan fingerprint density at radius 2 is 1.72 bits per heavy atom. The largest absolute Gasteiger partial charge is 0.332 e. The van der Waals surface area contributed by atoms with Gasteiger partial charge in [0.05, 0.1) is 0 Å². The van der Waals surface area contributed by atoms with Gasteiger partial charge in [0.1, 0.15) is 17.2 Å². The Labute approximate surface area is 164 Å². The van der Waals surface area contributed by atoms with Crippen molar-refractivity contribution >= 4 is 0 Å². The second kappa shape index (κ2) is 7.08. The monoisotopic (exact) mass is 383 g/mol. The van der Waals surface area contributed by atoms with Gasteiger partial charge in [0.25, 0.3) is 5.89 Å². The average molecular weight is 383 g/mol. The quantitative estimate of drug-likeness (QED) is 0.467. The van der Waals surface area contributed by atoms with E-state index in [2.05, 4.69) is 31.5 Å². The molecule has 0 fully saturated rings. The summed E-state index contributed by atoms with van der Waals surface area (Å²) >= 11 is 0. The SMILES string of the molecule is Fc1ccccc1-n1nnc(-c2nc(-c3cc[c]cc3)no2)c1-c1ccncc1. The van der Waals surface area contributed by atoms with Gasteiger partial charge in [0, 0.05) is 23.5 Å². The Kier molecular flexibility index (Phi) is 4.14.